The van der Waals surface area contributed by atoms with Crippen LogP contribution >= 0.6 is 11.3 Å². The molecular formula is C11H11F4N3O2S. The number of alkyl halides is 4. The summed E-state index contributed by atoms with van der Waals surface area (Å²) in [5.74, 6) is -4.04. The van der Waals surface area contributed by atoms with E-state index in [1.165, 1.54) is 11.3 Å². The second kappa shape index (κ2) is 5.98. The SMILES string of the molecule is Cc1cc(N)sc1-c1nc(COCC(F)(F)C(F)F)no1. The Morgan fingerprint density at radius 3 is 2.76 bits per heavy atom. The number of ether oxygens (including phenoxy) is 1. The van der Waals surface area contributed by atoms with Crippen LogP contribution in [-0.2, 0) is 11.3 Å². The molecule has 5 nitrogen and oxygen atoms in total. The van der Waals surface area contributed by atoms with Crippen molar-refractivity contribution in [2.45, 2.75) is 25.9 Å². The van der Waals surface area contributed by atoms with Gasteiger partial charge in [-0.05, 0) is 18.6 Å². The van der Waals surface area contributed by atoms with Crippen molar-refractivity contribution in [3.05, 3.63) is 17.5 Å². The van der Waals surface area contributed by atoms with Crippen LogP contribution in [0.1, 0.15) is 11.4 Å². The average molecular weight is 325 g/mol. The summed E-state index contributed by atoms with van der Waals surface area (Å²) in [5.41, 5.74) is 6.46. The topological polar surface area (TPSA) is 74.2 Å². The number of anilines is 1. The van der Waals surface area contributed by atoms with Crippen LogP contribution < -0.4 is 5.73 Å². The Labute approximate surface area is 120 Å². The van der Waals surface area contributed by atoms with Gasteiger partial charge in [0.05, 0.1) is 9.88 Å². The third-order valence-corrected chi connectivity index (χ3v) is 3.50. The van der Waals surface area contributed by atoms with E-state index in [1.807, 2.05) is 0 Å². The zero-order valence-electron chi connectivity index (χ0n) is 10.8. The molecule has 0 saturated heterocycles. The highest BCUT2D eigenvalue weighted by Crippen LogP contribution is 2.32. The highest BCUT2D eigenvalue weighted by molar-refractivity contribution is 7.19. The maximum absolute atomic E-state index is 12.6. The number of nitrogens with two attached hydrogens (primary N) is 1. The number of aromatic nitrogens is 2. The number of aryl methyl sites for hydroxylation is 1. The Morgan fingerprint density at radius 1 is 1.48 bits per heavy atom. The molecule has 2 heterocycles. The van der Waals surface area contributed by atoms with Gasteiger partial charge < -0.3 is 15.0 Å². The quantitative estimate of drug-likeness (QED) is 0.826. The van der Waals surface area contributed by atoms with E-state index in [0.717, 1.165) is 5.56 Å². The van der Waals surface area contributed by atoms with Gasteiger partial charge in [0.25, 0.3) is 5.89 Å². The minimum absolute atomic E-state index is 0.0126. The molecule has 2 aromatic heterocycles. The van der Waals surface area contributed by atoms with E-state index in [1.54, 1.807) is 13.0 Å². The number of hydrogen-bond donors (Lipinski definition) is 1. The van der Waals surface area contributed by atoms with E-state index >= 15 is 0 Å². The number of hydrogen-bond acceptors (Lipinski definition) is 6. The molecule has 0 bridgehead atoms. The number of halogens is 4. The van der Waals surface area contributed by atoms with Crippen LogP contribution in [0.4, 0.5) is 22.6 Å². The first-order chi connectivity index (χ1) is 9.79. The van der Waals surface area contributed by atoms with Crippen LogP contribution in [0.15, 0.2) is 10.6 Å². The van der Waals surface area contributed by atoms with E-state index < -0.39 is 25.6 Å². The van der Waals surface area contributed by atoms with Gasteiger partial charge >= 0.3 is 12.3 Å². The summed E-state index contributed by atoms with van der Waals surface area (Å²) in [6.45, 7) is -0.0724. The molecule has 0 spiro atoms. The summed E-state index contributed by atoms with van der Waals surface area (Å²) >= 11 is 1.23. The van der Waals surface area contributed by atoms with Gasteiger partial charge in [0.15, 0.2) is 5.82 Å². The van der Waals surface area contributed by atoms with Crippen molar-refractivity contribution < 1.29 is 26.8 Å². The standard InChI is InChI=1S/C11H11F4N3O2S/c1-5-2-6(16)21-8(5)9-17-7(18-20-9)3-19-4-11(14,15)10(12)13/h2,10H,3-4,16H2,1H3. The lowest BCUT2D eigenvalue weighted by atomic mass is 10.3. The van der Waals surface area contributed by atoms with Crippen molar-refractivity contribution in [2.75, 3.05) is 12.3 Å². The molecule has 2 aromatic rings. The summed E-state index contributed by atoms with van der Waals surface area (Å²) in [5, 5.41) is 4.09. The van der Waals surface area contributed by atoms with Crippen LogP contribution in [0, 0.1) is 6.92 Å². The zero-order chi connectivity index (χ0) is 15.6. The maximum atomic E-state index is 12.6. The van der Waals surface area contributed by atoms with Gasteiger partial charge in [-0.15, -0.1) is 11.3 Å². The van der Waals surface area contributed by atoms with Gasteiger partial charge in [0.1, 0.15) is 13.2 Å². The first-order valence-corrected chi connectivity index (χ1v) is 6.54. The Bertz CT molecular complexity index is 614. The predicted octanol–water partition coefficient (Wildman–Crippen LogP) is 3.11. The molecule has 0 aliphatic carbocycles. The molecule has 0 aromatic carbocycles. The van der Waals surface area contributed by atoms with Gasteiger partial charge in [-0.2, -0.15) is 13.8 Å². The molecule has 2 N–H and O–H groups in total. The monoisotopic (exact) mass is 325 g/mol. The molecule has 0 amide bonds. The van der Waals surface area contributed by atoms with Crippen molar-refractivity contribution in [2.24, 2.45) is 0 Å². The highest BCUT2D eigenvalue weighted by Gasteiger charge is 2.41. The molecule has 10 heteroatoms. The summed E-state index contributed by atoms with van der Waals surface area (Å²) in [6, 6.07) is 1.73. The van der Waals surface area contributed by atoms with Crippen LogP contribution in [-0.4, -0.2) is 29.1 Å². The Kier molecular flexibility index (Phi) is 4.47. The molecule has 0 atom stereocenters. The molecule has 0 aliphatic rings. The molecule has 2 rings (SSSR count). The Morgan fingerprint density at radius 2 is 2.19 bits per heavy atom. The smallest absolute Gasteiger partial charge is 0.330 e. The van der Waals surface area contributed by atoms with Gasteiger partial charge in [-0.1, -0.05) is 5.16 Å². The average Bonchev–Trinajstić information content (AvgIpc) is 2.95. The molecule has 0 unspecified atom stereocenters. The van der Waals surface area contributed by atoms with E-state index in [-0.39, 0.29) is 11.7 Å². The summed E-state index contributed by atoms with van der Waals surface area (Å²) in [6.07, 6.45) is -3.78. The second-order valence-corrected chi connectivity index (χ2v) is 5.31. The number of thiophene rings is 1. The molecular weight excluding hydrogens is 314 g/mol. The molecule has 21 heavy (non-hydrogen) atoms. The van der Waals surface area contributed by atoms with Crippen LogP contribution in [0.5, 0.6) is 0 Å². The maximum Gasteiger partial charge on any atom is 0.330 e. The minimum atomic E-state index is -4.20. The lowest BCUT2D eigenvalue weighted by molar-refractivity contribution is -0.168. The van der Waals surface area contributed by atoms with Gasteiger partial charge in [0.2, 0.25) is 0 Å². The molecule has 116 valence electrons. The van der Waals surface area contributed by atoms with Crippen molar-refractivity contribution in [3.63, 3.8) is 0 Å². The van der Waals surface area contributed by atoms with Crippen molar-refractivity contribution in [1.29, 1.82) is 0 Å². The van der Waals surface area contributed by atoms with E-state index in [2.05, 4.69) is 14.9 Å². The van der Waals surface area contributed by atoms with Crippen LogP contribution in [0.25, 0.3) is 10.8 Å². The van der Waals surface area contributed by atoms with Gasteiger partial charge in [-0.25, -0.2) is 8.78 Å². The summed E-state index contributed by atoms with van der Waals surface area (Å²) in [7, 11) is 0. The van der Waals surface area contributed by atoms with E-state index in [9.17, 15) is 17.6 Å². The number of nitrogens with zero attached hydrogens (tertiary/aromatic N) is 2. The zero-order valence-corrected chi connectivity index (χ0v) is 11.6. The Balaban J connectivity index is 1.97. The fourth-order valence-electron chi connectivity index (χ4n) is 1.47. The lowest BCUT2D eigenvalue weighted by Crippen LogP contribution is -2.32. The second-order valence-electron chi connectivity index (χ2n) is 4.23. The number of nitrogen functional groups attached to an aromatic ring is 1. The van der Waals surface area contributed by atoms with Crippen molar-refractivity contribution in [3.8, 4) is 10.8 Å². The molecule has 0 radical (unpaired) electrons. The first-order valence-electron chi connectivity index (χ1n) is 5.72. The molecule has 0 aliphatic heterocycles. The third kappa shape index (κ3) is 3.70. The number of rotatable bonds is 6. The fraction of sp³-hybridized carbons (Fsp3) is 0.455. The van der Waals surface area contributed by atoms with E-state index in [4.69, 9.17) is 10.3 Å². The minimum Gasteiger partial charge on any atom is -0.391 e. The van der Waals surface area contributed by atoms with E-state index in [0.29, 0.717) is 9.88 Å². The van der Waals surface area contributed by atoms with Crippen molar-refractivity contribution >= 4 is 16.3 Å². The third-order valence-electron chi connectivity index (χ3n) is 2.44. The van der Waals surface area contributed by atoms with Crippen LogP contribution in [0.2, 0.25) is 0 Å². The van der Waals surface area contributed by atoms with Crippen molar-refractivity contribution in [1.82, 2.24) is 10.1 Å². The van der Waals surface area contributed by atoms with Gasteiger partial charge in [0, 0.05) is 0 Å². The normalized spacial score (nSPS) is 12.3. The Hall–Kier alpha value is -1.68. The first kappa shape index (κ1) is 15.7. The lowest BCUT2D eigenvalue weighted by Gasteiger charge is -2.14. The van der Waals surface area contributed by atoms with Crippen LogP contribution in [0.3, 0.4) is 0 Å². The van der Waals surface area contributed by atoms with Gasteiger partial charge in [-0.3, -0.25) is 0 Å². The largest absolute Gasteiger partial charge is 0.391 e. The highest BCUT2D eigenvalue weighted by atomic mass is 32.1. The molecule has 0 saturated carbocycles. The summed E-state index contributed by atoms with van der Waals surface area (Å²) in [4.78, 5) is 4.60. The predicted molar refractivity (Wildman–Crippen MR) is 67.4 cm³/mol. The fourth-order valence-corrected chi connectivity index (χ4v) is 2.33. The molecule has 0 fully saturated rings. The summed E-state index contributed by atoms with van der Waals surface area (Å²) < 4.78 is 58.5.